The fourth-order valence-corrected chi connectivity index (χ4v) is 10.7. The van der Waals surface area contributed by atoms with Crippen molar-refractivity contribution in [2.45, 2.75) is 35.7 Å². The summed E-state index contributed by atoms with van der Waals surface area (Å²) in [6.45, 7) is 1.53. The Balaban J connectivity index is 1.29. The van der Waals surface area contributed by atoms with Crippen molar-refractivity contribution in [2.24, 2.45) is 29.6 Å². The predicted octanol–water partition coefficient (Wildman–Crippen LogP) is 5.73. The summed E-state index contributed by atoms with van der Waals surface area (Å²) in [5.74, 6) is -3.76. The van der Waals surface area contributed by atoms with Crippen LogP contribution in [0.5, 0.6) is 5.75 Å². The van der Waals surface area contributed by atoms with E-state index >= 15 is 0 Å². The van der Waals surface area contributed by atoms with Crippen LogP contribution in [0.4, 0.5) is 18.9 Å². The highest BCUT2D eigenvalue weighted by molar-refractivity contribution is 8.00. The van der Waals surface area contributed by atoms with Gasteiger partial charge in [0, 0.05) is 26.6 Å². The lowest BCUT2D eigenvalue weighted by Crippen LogP contribution is -2.42. The van der Waals surface area contributed by atoms with Crippen LogP contribution in [0.3, 0.4) is 0 Å². The first-order valence-electron chi connectivity index (χ1n) is 14.0. The van der Waals surface area contributed by atoms with Gasteiger partial charge in [-0.2, -0.15) is 13.2 Å². The van der Waals surface area contributed by atoms with Crippen LogP contribution in [-0.2, 0) is 25.3 Å². The van der Waals surface area contributed by atoms with Crippen LogP contribution < -0.4 is 14.5 Å². The van der Waals surface area contributed by atoms with Crippen LogP contribution in [0.15, 0.2) is 52.3 Å². The molecule has 2 aliphatic heterocycles. The average Bonchev–Trinajstić information content (AvgIpc) is 3.71. The lowest BCUT2D eigenvalue weighted by atomic mass is 9.68. The molecule has 7 atom stereocenters. The number of H-pyrrole nitrogens is 1. The third-order valence-electron chi connectivity index (χ3n) is 9.11. The lowest BCUT2D eigenvalue weighted by molar-refractivity contribution is -0.145. The van der Waals surface area contributed by atoms with E-state index in [-0.39, 0.29) is 46.8 Å². The Morgan fingerprint density at radius 1 is 1.09 bits per heavy atom. The maximum atomic E-state index is 13.9. The zero-order valence-electron chi connectivity index (χ0n) is 22.9. The molecule has 14 heteroatoms. The van der Waals surface area contributed by atoms with Gasteiger partial charge >= 0.3 is 17.0 Å². The first-order valence-corrected chi connectivity index (χ1v) is 16.1. The van der Waals surface area contributed by atoms with Crippen LogP contribution in [0.1, 0.15) is 35.3 Å². The highest BCUT2D eigenvalue weighted by Crippen LogP contribution is 2.69. The molecule has 2 amide bonds. The molecule has 8 nitrogen and oxygen atoms in total. The van der Waals surface area contributed by atoms with Crippen LogP contribution in [0, 0.1) is 29.6 Å². The van der Waals surface area contributed by atoms with E-state index in [1.807, 2.05) is 0 Å². The molecule has 0 radical (unpaired) electrons. The van der Waals surface area contributed by atoms with E-state index in [0.29, 0.717) is 27.8 Å². The molecule has 1 N–H and O–H groups in total. The van der Waals surface area contributed by atoms with Gasteiger partial charge < -0.3 is 14.5 Å². The van der Waals surface area contributed by atoms with Gasteiger partial charge in [0.05, 0.1) is 34.7 Å². The Kier molecular flexibility index (Phi) is 7.13. The number of esters is 1. The van der Waals surface area contributed by atoms with Crippen molar-refractivity contribution in [3.05, 3.63) is 73.2 Å². The highest BCUT2D eigenvalue weighted by atomic mass is 35.5. The second-order valence-corrected chi connectivity index (χ2v) is 13.9. The number of benzene rings is 2. The number of ether oxygens (including phenoxy) is 2. The van der Waals surface area contributed by atoms with E-state index in [9.17, 15) is 32.3 Å². The number of carbonyl (C=O) groups is 3. The summed E-state index contributed by atoms with van der Waals surface area (Å²) in [6, 6.07) is 9.29. The van der Waals surface area contributed by atoms with Gasteiger partial charge in [-0.15, -0.1) is 11.8 Å². The minimum absolute atomic E-state index is 0.0938. The van der Waals surface area contributed by atoms with Crippen molar-refractivity contribution >= 4 is 58.2 Å². The fourth-order valence-electron chi connectivity index (χ4n) is 7.67. The smallest absolute Gasteiger partial charge is 0.416 e. The largest absolute Gasteiger partial charge is 0.482 e. The molecule has 3 aromatic rings. The molecule has 1 saturated heterocycles. The second kappa shape index (κ2) is 10.7. The Morgan fingerprint density at radius 2 is 1.84 bits per heavy atom. The van der Waals surface area contributed by atoms with Crippen LogP contribution in [-0.4, -0.2) is 41.2 Å². The molecule has 2 saturated carbocycles. The highest BCUT2D eigenvalue weighted by Gasteiger charge is 2.70. The van der Waals surface area contributed by atoms with E-state index < -0.39 is 47.3 Å². The number of nitrogens with zero attached hydrogens (tertiary/aromatic N) is 1. The van der Waals surface area contributed by atoms with E-state index in [0.717, 1.165) is 33.2 Å². The topological polar surface area (TPSA) is 106 Å². The summed E-state index contributed by atoms with van der Waals surface area (Å²) in [6.07, 6.45) is -4.05. The number of rotatable bonds is 6. The molecule has 2 aliphatic carbocycles. The summed E-state index contributed by atoms with van der Waals surface area (Å²) < 4.78 is 51.4. The van der Waals surface area contributed by atoms with Gasteiger partial charge in [-0.25, -0.2) is 4.79 Å². The molecule has 0 spiro atoms. The number of nitrogens with one attached hydrogen (secondary N) is 1. The second-order valence-electron chi connectivity index (χ2n) is 11.3. The number of hydrogen-bond acceptors (Lipinski definition) is 8. The summed E-state index contributed by atoms with van der Waals surface area (Å²) in [5.41, 5.74) is -0.391. The Hall–Kier alpha value is -3.29. The SMILES string of the molecule is CCOC(=O)COc1ccc(Cl)cc1[C@H]1c2sc(=O)[nH]c2SC2C3CC(C4C(=O)N(c5cccc(C(F)(F)F)c5)C(=O)C34)C21. The molecule has 44 heavy (non-hydrogen) atoms. The molecule has 3 fully saturated rings. The fraction of sp³-hybridized carbons (Fsp3) is 0.400. The number of alkyl halides is 3. The van der Waals surface area contributed by atoms with Gasteiger partial charge in [-0.05, 0) is 67.5 Å². The first kappa shape index (κ1) is 29.4. The van der Waals surface area contributed by atoms with Gasteiger partial charge in [-0.3, -0.25) is 19.3 Å². The number of fused-ring (bicyclic) bond motifs is 9. The van der Waals surface area contributed by atoms with Crippen molar-refractivity contribution in [2.75, 3.05) is 18.1 Å². The summed E-state index contributed by atoms with van der Waals surface area (Å²) in [5, 5.41) is 0.906. The molecule has 1 aromatic heterocycles. The summed E-state index contributed by atoms with van der Waals surface area (Å²) in [7, 11) is 0. The number of aromatic nitrogens is 1. The van der Waals surface area contributed by atoms with Gasteiger partial charge in [0.2, 0.25) is 11.8 Å². The number of carbonyl (C=O) groups excluding carboxylic acids is 3. The van der Waals surface area contributed by atoms with E-state index in [2.05, 4.69) is 4.98 Å². The number of halogens is 4. The molecule has 2 aromatic carbocycles. The lowest BCUT2D eigenvalue weighted by Gasteiger charge is -2.43. The number of thioether (sulfide) groups is 1. The van der Waals surface area contributed by atoms with Crippen LogP contribution in [0.25, 0.3) is 0 Å². The molecule has 230 valence electrons. The third kappa shape index (κ3) is 4.57. The number of thiazole rings is 1. The number of imide groups is 1. The molecular formula is C30H24ClF3N2O6S2. The molecule has 3 heterocycles. The van der Waals surface area contributed by atoms with Crippen molar-refractivity contribution < 1.29 is 37.0 Å². The third-order valence-corrected chi connectivity index (χ3v) is 11.9. The van der Waals surface area contributed by atoms with Gasteiger partial charge in [0.15, 0.2) is 6.61 Å². The summed E-state index contributed by atoms with van der Waals surface area (Å²) in [4.78, 5) is 56.8. The summed E-state index contributed by atoms with van der Waals surface area (Å²) >= 11 is 8.99. The number of aromatic amines is 1. The predicted molar refractivity (Wildman–Crippen MR) is 156 cm³/mol. The maximum Gasteiger partial charge on any atom is 0.416 e. The van der Waals surface area contributed by atoms with Gasteiger partial charge in [0.1, 0.15) is 5.75 Å². The Bertz CT molecular complexity index is 1760. The van der Waals surface area contributed by atoms with Gasteiger partial charge in [-0.1, -0.05) is 29.0 Å². The monoisotopic (exact) mass is 664 g/mol. The zero-order chi connectivity index (χ0) is 31.1. The van der Waals surface area contributed by atoms with Crippen LogP contribution in [0.2, 0.25) is 5.02 Å². The first-order chi connectivity index (χ1) is 21.0. The molecule has 4 aliphatic rings. The Labute approximate surface area is 261 Å². The van der Waals surface area contributed by atoms with E-state index in [1.165, 1.54) is 23.9 Å². The minimum atomic E-state index is -4.63. The average molecular weight is 665 g/mol. The van der Waals surface area contributed by atoms with Crippen molar-refractivity contribution in [1.82, 2.24) is 4.98 Å². The van der Waals surface area contributed by atoms with Crippen molar-refractivity contribution in [3.63, 3.8) is 0 Å². The van der Waals surface area contributed by atoms with E-state index in [1.54, 1.807) is 25.1 Å². The minimum Gasteiger partial charge on any atom is -0.482 e. The molecule has 6 unspecified atom stereocenters. The molecule has 7 rings (SSSR count). The quantitative estimate of drug-likeness (QED) is 0.265. The van der Waals surface area contributed by atoms with Crippen molar-refractivity contribution in [3.8, 4) is 5.75 Å². The van der Waals surface area contributed by atoms with Crippen LogP contribution >= 0.6 is 34.7 Å². The van der Waals surface area contributed by atoms with Crippen molar-refractivity contribution in [1.29, 1.82) is 0 Å². The standard InChI is InChI=1S/C30H24ClF3N2O6S2/c1-2-41-19(37)11-42-18-7-6-13(31)9-15(18)20-21-16-10-17(24(21)43-26-25(20)44-29(40)35-26)23-22(16)27(38)36(28(23)39)14-5-3-4-12(8-14)30(32,33)34/h3-9,16-17,20-24H,2,10-11H2,1H3,(H,35,40)/t16?,17?,20-,21?,22?,23?,24?/m1/s1. The van der Waals surface area contributed by atoms with E-state index in [4.69, 9.17) is 21.1 Å². The molecular weight excluding hydrogens is 641 g/mol. The van der Waals surface area contributed by atoms with Gasteiger partial charge in [0.25, 0.3) is 0 Å². The number of anilines is 1. The maximum absolute atomic E-state index is 13.9. The number of hydrogen-bond donors (Lipinski definition) is 1. The zero-order valence-corrected chi connectivity index (χ0v) is 25.3. The normalized spacial score (nSPS) is 28.6. The molecule has 2 bridgehead atoms. The number of amides is 2. The Morgan fingerprint density at radius 3 is 2.57 bits per heavy atom.